The molecule has 2 rings (SSSR count). The zero-order valence-electron chi connectivity index (χ0n) is 10.3. The first-order valence-corrected chi connectivity index (χ1v) is 5.58. The molecular weight excluding hydrogens is 214 g/mol. The molecule has 1 aromatic heterocycles. The molecule has 0 aliphatic rings. The van der Waals surface area contributed by atoms with Crippen LogP contribution in [0, 0.1) is 6.92 Å². The van der Waals surface area contributed by atoms with E-state index in [-0.39, 0.29) is 6.04 Å². The van der Waals surface area contributed by atoms with Gasteiger partial charge in [0.25, 0.3) is 0 Å². The van der Waals surface area contributed by atoms with Gasteiger partial charge in [0.05, 0.1) is 18.8 Å². The Morgan fingerprint density at radius 2 is 1.94 bits per heavy atom. The Morgan fingerprint density at radius 3 is 2.41 bits per heavy atom. The summed E-state index contributed by atoms with van der Waals surface area (Å²) >= 11 is 0. The van der Waals surface area contributed by atoms with E-state index in [2.05, 4.69) is 9.97 Å². The minimum absolute atomic E-state index is 0.0827. The first kappa shape index (κ1) is 11.7. The Hall–Kier alpha value is -1.81. The number of hydrogen-bond donors (Lipinski definition) is 2. The predicted molar refractivity (Wildman–Crippen MR) is 67.9 cm³/mol. The maximum Gasteiger partial charge on any atom is 0.123 e. The molecule has 4 heteroatoms. The second-order valence-corrected chi connectivity index (χ2v) is 4.11. The molecule has 0 saturated carbocycles. The van der Waals surface area contributed by atoms with Crippen molar-refractivity contribution in [2.75, 3.05) is 7.11 Å². The summed E-state index contributed by atoms with van der Waals surface area (Å²) in [5.74, 6) is 1.66. The van der Waals surface area contributed by atoms with Crippen molar-refractivity contribution in [3.05, 3.63) is 35.8 Å². The highest BCUT2D eigenvalue weighted by Crippen LogP contribution is 2.24. The van der Waals surface area contributed by atoms with E-state index in [0.29, 0.717) is 0 Å². The zero-order chi connectivity index (χ0) is 12.4. The molecule has 90 valence electrons. The summed E-state index contributed by atoms with van der Waals surface area (Å²) in [4.78, 5) is 7.72. The molecule has 0 saturated heterocycles. The minimum Gasteiger partial charge on any atom is -0.497 e. The summed E-state index contributed by atoms with van der Waals surface area (Å²) in [5, 5.41) is 0. The van der Waals surface area contributed by atoms with Crippen LogP contribution in [-0.2, 0) is 0 Å². The van der Waals surface area contributed by atoms with Crippen LogP contribution in [0.25, 0.3) is 11.3 Å². The highest BCUT2D eigenvalue weighted by atomic mass is 16.5. The summed E-state index contributed by atoms with van der Waals surface area (Å²) in [6.07, 6.45) is 0. The van der Waals surface area contributed by atoms with Crippen molar-refractivity contribution in [3.63, 3.8) is 0 Å². The fraction of sp³-hybridized carbons (Fsp3) is 0.308. The van der Waals surface area contributed by atoms with Crippen LogP contribution in [0.3, 0.4) is 0 Å². The van der Waals surface area contributed by atoms with Gasteiger partial charge in [-0.3, -0.25) is 0 Å². The standard InChI is InChI=1S/C13H17N3O/c1-8(14)13-15-9(2)12(16-13)10-4-6-11(17-3)7-5-10/h4-8H,14H2,1-3H3,(H,15,16). The first-order valence-electron chi connectivity index (χ1n) is 5.58. The number of hydrogen-bond acceptors (Lipinski definition) is 3. The number of rotatable bonds is 3. The van der Waals surface area contributed by atoms with E-state index >= 15 is 0 Å². The van der Waals surface area contributed by atoms with Gasteiger partial charge >= 0.3 is 0 Å². The minimum atomic E-state index is -0.0827. The molecule has 0 amide bonds. The van der Waals surface area contributed by atoms with Crippen molar-refractivity contribution in [2.45, 2.75) is 19.9 Å². The molecule has 0 radical (unpaired) electrons. The normalized spacial score (nSPS) is 12.5. The monoisotopic (exact) mass is 231 g/mol. The predicted octanol–water partition coefficient (Wildman–Crippen LogP) is 2.41. The zero-order valence-corrected chi connectivity index (χ0v) is 10.3. The number of nitrogens with zero attached hydrogens (tertiary/aromatic N) is 1. The van der Waals surface area contributed by atoms with Gasteiger partial charge in [-0.05, 0) is 38.1 Å². The third-order valence-electron chi connectivity index (χ3n) is 2.70. The number of nitrogens with two attached hydrogens (primary N) is 1. The van der Waals surface area contributed by atoms with Crippen molar-refractivity contribution in [1.82, 2.24) is 9.97 Å². The number of methoxy groups -OCH3 is 1. The summed E-state index contributed by atoms with van der Waals surface area (Å²) in [6.45, 7) is 3.91. The summed E-state index contributed by atoms with van der Waals surface area (Å²) < 4.78 is 5.13. The first-order chi connectivity index (χ1) is 8.11. The molecular formula is C13H17N3O. The lowest BCUT2D eigenvalue weighted by molar-refractivity contribution is 0.415. The van der Waals surface area contributed by atoms with Gasteiger partial charge in [0.2, 0.25) is 0 Å². The molecule has 0 fully saturated rings. The topological polar surface area (TPSA) is 63.9 Å². The molecule has 0 aliphatic heterocycles. The van der Waals surface area contributed by atoms with Gasteiger partial charge in [0.15, 0.2) is 0 Å². The lowest BCUT2D eigenvalue weighted by atomic mass is 10.1. The summed E-state index contributed by atoms with van der Waals surface area (Å²) in [6, 6.07) is 7.75. The number of aromatic amines is 1. The van der Waals surface area contributed by atoms with Gasteiger partial charge in [0, 0.05) is 11.3 Å². The van der Waals surface area contributed by atoms with Crippen molar-refractivity contribution in [1.29, 1.82) is 0 Å². The highest BCUT2D eigenvalue weighted by Gasteiger charge is 2.11. The van der Waals surface area contributed by atoms with Crippen molar-refractivity contribution in [3.8, 4) is 17.0 Å². The molecule has 3 N–H and O–H groups in total. The Kier molecular flexibility index (Phi) is 3.15. The van der Waals surface area contributed by atoms with Gasteiger partial charge < -0.3 is 15.5 Å². The fourth-order valence-corrected chi connectivity index (χ4v) is 1.73. The number of nitrogens with one attached hydrogen (secondary N) is 1. The number of aryl methyl sites for hydroxylation is 1. The summed E-state index contributed by atoms with van der Waals surface area (Å²) in [5.41, 5.74) is 8.84. The third-order valence-corrected chi connectivity index (χ3v) is 2.70. The van der Waals surface area contributed by atoms with E-state index in [9.17, 15) is 0 Å². The van der Waals surface area contributed by atoms with Crippen molar-refractivity contribution in [2.24, 2.45) is 5.73 Å². The van der Waals surface area contributed by atoms with E-state index in [1.54, 1.807) is 7.11 Å². The van der Waals surface area contributed by atoms with Gasteiger partial charge in [0.1, 0.15) is 11.6 Å². The number of ether oxygens (including phenoxy) is 1. The Morgan fingerprint density at radius 1 is 1.29 bits per heavy atom. The molecule has 1 heterocycles. The molecule has 0 bridgehead atoms. The van der Waals surface area contributed by atoms with Crippen LogP contribution in [0.2, 0.25) is 0 Å². The summed E-state index contributed by atoms with van der Waals surface area (Å²) in [7, 11) is 1.66. The van der Waals surface area contributed by atoms with Gasteiger partial charge in [-0.1, -0.05) is 0 Å². The maximum atomic E-state index is 5.81. The largest absolute Gasteiger partial charge is 0.497 e. The average Bonchev–Trinajstić information content (AvgIpc) is 2.72. The van der Waals surface area contributed by atoms with E-state index in [0.717, 1.165) is 28.5 Å². The number of aromatic nitrogens is 2. The van der Waals surface area contributed by atoms with E-state index in [4.69, 9.17) is 10.5 Å². The van der Waals surface area contributed by atoms with E-state index in [1.807, 2.05) is 38.1 Å². The molecule has 0 aliphatic carbocycles. The van der Waals surface area contributed by atoms with Crippen molar-refractivity contribution >= 4 is 0 Å². The average molecular weight is 231 g/mol. The fourth-order valence-electron chi connectivity index (χ4n) is 1.73. The second-order valence-electron chi connectivity index (χ2n) is 4.11. The second kappa shape index (κ2) is 4.59. The van der Waals surface area contributed by atoms with Crippen LogP contribution in [-0.4, -0.2) is 17.1 Å². The molecule has 1 aromatic carbocycles. The SMILES string of the molecule is COc1ccc(-c2nc(C(C)N)[nH]c2C)cc1. The maximum absolute atomic E-state index is 5.81. The lowest BCUT2D eigenvalue weighted by Gasteiger charge is -2.01. The van der Waals surface area contributed by atoms with Crippen LogP contribution in [0.5, 0.6) is 5.75 Å². The lowest BCUT2D eigenvalue weighted by Crippen LogP contribution is -2.06. The number of imidazole rings is 1. The van der Waals surface area contributed by atoms with E-state index < -0.39 is 0 Å². The number of H-pyrrole nitrogens is 1. The van der Waals surface area contributed by atoms with Crippen LogP contribution in [0.1, 0.15) is 24.5 Å². The van der Waals surface area contributed by atoms with Crippen LogP contribution in [0.4, 0.5) is 0 Å². The van der Waals surface area contributed by atoms with Crippen LogP contribution >= 0.6 is 0 Å². The van der Waals surface area contributed by atoms with Crippen LogP contribution in [0.15, 0.2) is 24.3 Å². The Balaban J connectivity index is 2.38. The van der Waals surface area contributed by atoms with Crippen molar-refractivity contribution < 1.29 is 4.74 Å². The quantitative estimate of drug-likeness (QED) is 0.852. The molecule has 17 heavy (non-hydrogen) atoms. The van der Waals surface area contributed by atoms with E-state index in [1.165, 1.54) is 0 Å². The smallest absolute Gasteiger partial charge is 0.123 e. The molecule has 1 atom stereocenters. The Labute approximate surface area is 101 Å². The van der Waals surface area contributed by atoms with Gasteiger partial charge in [-0.2, -0.15) is 0 Å². The van der Waals surface area contributed by atoms with Crippen LogP contribution < -0.4 is 10.5 Å². The Bertz CT molecular complexity index is 500. The van der Waals surface area contributed by atoms with Gasteiger partial charge in [-0.15, -0.1) is 0 Å². The molecule has 4 nitrogen and oxygen atoms in total. The highest BCUT2D eigenvalue weighted by molar-refractivity contribution is 5.62. The number of benzene rings is 1. The molecule has 2 aromatic rings. The molecule has 1 unspecified atom stereocenters. The third kappa shape index (κ3) is 2.31. The van der Waals surface area contributed by atoms with Gasteiger partial charge in [-0.25, -0.2) is 4.98 Å². The molecule has 0 spiro atoms.